The monoisotopic (exact) mass is 390 g/mol. The molecule has 1 aliphatic rings. The number of halogens is 2. The Labute approximate surface area is 132 Å². The molecule has 1 heterocycles. The predicted octanol–water partition coefficient (Wildman–Crippen LogP) is 3.02. The molecule has 0 aromatic heterocycles. The summed E-state index contributed by atoms with van der Waals surface area (Å²) in [6.07, 6.45) is 3.12. The Bertz CT molecular complexity index is 495. The number of rotatable bonds is 3. The minimum absolute atomic E-state index is 0.0283. The average molecular weight is 390 g/mol. The van der Waals surface area contributed by atoms with Gasteiger partial charge < -0.3 is 10.6 Å². The maximum atomic E-state index is 13.1. The van der Waals surface area contributed by atoms with Crippen molar-refractivity contribution < 1.29 is 9.18 Å². The van der Waals surface area contributed by atoms with Crippen LogP contribution in [0, 0.1) is 15.3 Å². The summed E-state index contributed by atoms with van der Waals surface area (Å²) in [6, 6.07) is 4.40. The van der Waals surface area contributed by atoms with Gasteiger partial charge in [-0.15, -0.1) is 0 Å². The molecule has 110 valence electrons. The third-order valence-corrected chi connectivity index (χ3v) is 4.99. The van der Waals surface area contributed by atoms with E-state index in [0.29, 0.717) is 21.6 Å². The molecule has 1 aromatic rings. The van der Waals surface area contributed by atoms with E-state index in [0.717, 1.165) is 25.8 Å². The van der Waals surface area contributed by atoms with Gasteiger partial charge in [0.1, 0.15) is 5.82 Å². The van der Waals surface area contributed by atoms with Crippen molar-refractivity contribution in [3.05, 3.63) is 33.1 Å². The number of carbonyl (C=O) groups excluding carboxylic acids is 1. The molecule has 0 radical (unpaired) electrons. The van der Waals surface area contributed by atoms with Crippen LogP contribution in [-0.4, -0.2) is 29.9 Å². The summed E-state index contributed by atoms with van der Waals surface area (Å²) in [5.41, 5.74) is 6.40. The summed E-state index contributed by atoms with van der Waals surface area (Å²) in [4.78, 5) is 14.5. The quantitative estimate of drug-likeness (QED) is 0.807. The Hall–Kier alpha value is -0.690. The molecule has 0 bridgehead atoms. The van der Waals surface area contributed by atoms with E-state index in [-0.39, 0.29) is 17.8 Å². The fraction of sp³-hybridized carbons (Fsp3) is 0.533. The highest BCUT2D eigenvalue weighted by atomic mass is 127. The maximum absolute atomic E-state index is 13.1. The molecule has 0 saturated carbocycles. The topological polar surface area (TPSA) is 46.3 Å². The molecule has 2 unspecified atom stereocenters. The van der Waals surface area contributed by atoms with Crippen molar-refractivity contribution in [2.45, 2.75) is 32.2 Å². The second-order valence-electron chi connectivity index (χ2n) is 5.31. The summed E-state index contributed by atoms with van der Waals surface area (Å²) >= 11 is 2.01. The summed E-state index contributed by atoms with van der Waals surface area (Å²) in [6.45, 7) is 3.41. The van der Waals surface area contributed by atoms with Crippen LogP contribution < -0.4 is 5.73 Å². The number of amides is 1. The van der Waals surface area contributed by atoms with E-state index in [9.17, 15) is 9.18 Å². The van der Waals surface area contributed by atoms with Gasteiger partial charge in [-0.05, 0) is 59.5 Å². The molecule has 1 aromatic carbocycles. The van der Waals surface area contributed by atoms with Crippen molar-refractivity contribution in [1.29, 1.82) is 0 Å². The highest BCUT2D eigenvalue weighted by Gasteiger charge is 2.31. The Kier molecular flexibility index (Phi) is 5.37. The first-order valence-corrected chi connectivity index (χ1v) is 8.10. The van der Waals surface area contributed by atoms with Crippen LogP contribution in [0.3, 0.4) is 0 Å². The zero-order valence-electron chi connectivity index (χ0n) is 11.6. The van der Waals surface area contributed by atoms with Gasteiger partial charge in [-0.3, -0.25) is 4.79 Å². The van der Waals surface area contributed by atoms with Gasteiger partial charge in [0.15, 0.2) is 0 Å². The van der Waals surface area contributed by atoms with Crippen molar-refractivity contribution in [2.24, 2.45) is 11.7 Å². The summed E-state index contributed by atoms with van der Waals surface area (Å²) in [7, 11) is 0. The van der Waals surface area contributed by atoms with Gasteiger partial charge in [0, 0.05) is 22.7 Å². The molecular formula is C15H20FIN2O. The lowest BCUT2D eigenvalue weighted by Gasteiger charge is -2.39. The summed E-state index contributed by atoms with van der Waals surface area (Å²) in [5.74, 6) is 0.310. The van der Waals surface area contributed by atoms with Crippen molar-refractivity contribution in [3.8, 4) is 0 Å². The third-order valence-electron chi connectivity index (χ3n) is 4.10. The van der Waals surface area contributed by atoms with Crippen LogP contribution in [0.25, 0.3) is 0 Å². The van der Waals surface area contributed by atoms with E-state index in [2.05, 4.69) is 6.92 Å². The van der Waals surface area contributed by atoms with E-state index in [1.807, 2.05) is 27.5 Å². The fourth-order valence-electron chi connectivity index (χ4n) is 2.81. The van der Waals surface area contributed by atoms with Gasteiger partial charge >= 0.3 is 0 Å². The minimum atomic E-state index is -0.314. The number of benzene rings is 1. The molecule has 2 N–H and O–H groups in total. The molecule has 0 spiro atoms. The number of likely N-dealkylation sites (tertiary alicyclic amines) is 1. The lowest BCUT2D eigenvalue weighted by molar-refractivity contribution is 0.0557. The fourth-order valence-corrected chi connectivity index (χ4v) is 3.52. The van der Waals surface area contributed by atoms with Crippen LogP contribution in [-0.2, 0) is 0 Å². The Morgan fingerprint density at radius 1 is 1.55 bits per heavy atom. The molecule has 3 nitrogen and oxygen atoms in total. The highest BCUT2D eigenvalue weighted by molar-refractivity contribution is 14.1. The smallest absolute Gasteiger partial charge is 0.255 e. The van der Waals surface area contributed by atoms with Crippen molar-refractivity contribution in [1.82, 2.24) is 4.90 Å². The van der Waals surface area contributed by atoms with Gasteiger partial charge in [0.05, 0.1) is 5.56 Å². The lowest BCUT2D eigenvalue weighted by atomic mass is 9.88. The lowest BCUT2D eigenvalue weighted by Crippen LogP contribution is -2.49. The molecule has 1 aliphatic heterocycles. The third kappa shape index (κ3) is 3.31. The standard InChI is InChI=1S/C15H20FIN2O/c1-2-10-5-6-19(12(7-10)9-18)15(20)13-4-3-11(16)8-14(13)17/h3-4,8,10,12H,2,5-7,9,18H2,1H3. The predicted molar refractivity (Wildman–Crippen MR) is 86.0 cm³/mol. The molecule has 1 saturated heterocycles. The van der Waals surface area contributed by atoms with Crippen molar-refractivity contribution in [2.75, 3.05) is 13.1 Å². The number of hydrogen-bond donors (Lipinski definition) is 1. The second kappa shape index (κ2) is 6.85. The Balaban J connectivity index is 2.19. The highest BCUT2D eigenvalue weighted by Crippen LogP contribution is 2.27. The Morgan fingerprint density at radius 2 is 2.30 bits per heavy atom. The van der Waals surface area contributed by atoms with Crippen molar-refractivity contribution in [3.63, 3.8) is 0 Å². The van der Waals surface area contributed by atoms with E-state index in [1.54, 1.807) is 6.07 Å². The first-order chi connectivity index (χ1) is 9.56. The number of nitrogens with zero attached hydrogens (tertiary/aromatic N) is 1. The van der Waals surface area contributed by atoms with Crippen LogP contribution in [0.1, 0.15) is 36.5 Å². The van der Waals surface area contributed by atoms with Crippen LogP contribution in [0.4, 0.5) is 4.39 Å². The zero-order chi connectivity index (χ0) is 14.7. The Morgan fingerprint density at radius 3 is 2.90 bits per heavy atom. The zero-order valence-corrected chi connectivity index (χ0v) is 13.8. The van der Waals surface area contributed by atoms with E-state index >= 15 is 0 Å². The van der Waals surface area contributed by atoms with Gasteiger partial charge in [0.2, 0.25) is 0 Å². The van der Waals surface area contributed by atoms with E-state index in [4.69, 9.17) is 5.73 Å². The molecular weight excluding hydrogens is 370 g/mol. The number of carbonyl (C=O) groups is 1. The molecule has 2 atom stereocenters. The number of piperidine rings is 1. The molecule has 1 amide bonds. The van der Waals surface area contributed by atoms with Gasteiger partial charge in [-0.25, -0.2) is 4.39 Å². The number of hydrogen-bond acceptors (Lipinski definition) is 2. The first-order valence-electron chi connectivity index (χ1n) is 7.02. The first kappa shape index (κ1) is 15.7. The molecule has 20 heavy (non-hydrogen) atoms. The van der Waals surface area contributed by atoms with Crippen LogP contribution in [0.5, 0.6) is 0 Å². The van der Waals surface area contributed by atoms with E-state index < -0.39 is 0 Å². The van der Waals surface area contributed by atoms with Crippen molar-refractivity contribution >= 4 is 28.5 Å². The van der Waals surface area contributed by atoms with Gasteiger partial charge in [0.25, 0.3) is 5.91 Å². The van der Waals surface area contributed by atoms with Gasteiger partial charge in [-0.2, -0.15) is 0 Å². The van der Waals surface area contributed by atoms with E-state index in [1.165, 1.54) is 12.1 Å². The number of nitrogens with two attached hydrogens (primary N) is 1. The van der Waals surface area contributed by atoms with Crippen LogP contribution in [0.15, 0.2) is 18.2 Å². The second-order valence-corrected chi connectivity index (χ2v) is 6.47. The van der Waals surface area contributed by atoms with Gasteiger partial charge in [-0.1, -0.05) is 13.3 Å². The van der Waals surface area contributed by atoms with Crippen LogP contribution in [0.2, 0.25) is 0 Å². The minimum Gasteiger partial charge on any atom is -0.334 e. The summed E-state index contributed by atoms with van der Waals surface area (Å²) < 4.78 is 13.8. The summed E-state index contributed by atoms with van der Waals surface area (Å²) in [5, 5.41) is 0. The maximum Gasteiger partial charge on any atom is 0.255 e. The molecule has 2 rings (SSSR count). The average Bonchev–Trinajstić information content (AvgIpc) is 2.46. The normalized spacial score (nSPS) is 22.9. The SMILES string of the molecule is CCC1CCN(C(=O)c2ccc(F)cc2I)C(CN)C1. The van der Waals surface area contributed by atoms with Crippen LogP contribution >= 0.6 is 22.6 Å². The molecule has 0 aliphatic carbocycles. The largest absolute Gasteiger partial charge is 0.334 e. The molecule has 5 heteroatoms. The molecule has 1 fully saturated rings.